The van der Waals surface area contributed by atoms with Crippen molar-refractivity contribution in [2.45, 2.75) is 0 Å². The second kappa shape index (κ2) is 5.49. The fourth-order valence-electron chi connectivity index (χ4n) is 0.803. The van der Waals surface area contributed by atoms with Crippen LogP contribution in [-0.2, 0) is 9.53 Å². The number of anilines is 1. The number of methoxy groups -OCH3 is 1. The van der Waals surface area contributed by atoms with Gasteiger partial charge in [0.1, 0.15) is 18.2 Å². The van der Waals surface area contributed by atoms with E-state index in [0.29, 0.717) is 0 Å². The maximum absolute atomic E-state index is 10.8. The molecule has 0 aliphatic rings. The van der Waals surface area contributed by atoms with E-state index in [9.17, 15) is 4.79 Å². The van der Waals surface area contributed by atoms with Crippen LogP contribution in [0.2, 0.25) is 10.3 Å². The summed E-state index contributed by atoms with van der Waals surface area (Å²) in [6.45, 7) is -0.116. The summed E-state index contributed by atoms with van der Waals surface area (Å²) in [5.74, 6) is -0.431. The van der Waals surface area contributed by atoms with Crippen LogP contribution < -0.4 is 5.32 Å². The molecular formula is C8H6Cl2N4O2. The molecule has 0 radical (unpaired) electrons. The van der Waals surface area contributed by atoms with E-state index >= 15 is 0 Å². The third kappa shape index (κ3) is 2.95. The van der Waals surface area contributed by atoms with E-state index in [4.69, 9.17) is 28.5 Å². The lowest BCUT2D eigenvalue weighted by atomic mass is 10.4. The molecule has 16 heavy (non-hydrogen) atoms. The highest BCUT2D eigenvalue weighted by molar-refractivity contribution is 6.35. The minimum atomic E-state index is -0.486. The molecule has 8 heteroatoms. The van der Waals surface area contributed by atoms with E-state index in [1.165, 1.54) is 7.11 Å². The molecule has 1 heterocycles. The van der Waals surface area contributed by atoms with Crippen LogP contribution in [0.25, 0.3) is 0 Å². The summed E-state index contributed by atoms with van der Waals surface area (Å²) in [5, 5.41) is 11.1. The van der Waals surface area contributed by atoms with Crippen molar-refractivity contribution in [3.8, 4) is 6.07 Å². The molecule has 0 saturated heterocycles. The second-order valence-electron chi connectivity index (χ2n) is 2.55. The maximum Gasteiger partial charge on any atom is 0.325 e. The lowest BCUT2D eigenvalue weighted by Crippen LogP contribution is -2.16. The quantitative estimate of drug-likeness (QED) is 0.650. The lowest BCUT2D eigenvalue weighted by molar-refractivity contribution is -0.138. The summed E-state index contributed by atoms with van der Waals surface area (Å²) in [7, 11) is 1.25. The van der Waals surface area contributed by atoms with Gasteiger partial charge < -0.3 is 10.1 Å². The van der Waals surface area contributed by atoms with Crippen molar-refractivity contribution in [1.29, 1.82) is 5.26 Å². The highest BCUT2D eigenvalue weighted by Crippen LogP contribution is 2.21. The molecule has 84 valence electrons. The number of ether oxygens (including phenoxy) is 1. The number of hydrogen-bond acceptors (Lipinski definition) is 6. The highest BCUT2D eigenvalue weighted by Gasteiger charge is 2.11. The number of esters is 1. The third-order valence-corrected chi connectivity index (χ3v) is 2.10. The summed E-state index contributed by atoms with van der Waals surface area (Å²) in [6, 6.07) is 1.76. The van der Waals surface area contributed by atoms with Gasteiger partial charge in [0, 0.05) is 0 Å². The predicted molar refractivity (Wildman–Crippen MR) is 57.3 cm³/mol. The molecule has 1 rings (SSSR count). The average Bonchev–Trinajstić information content (AvgIpc) is 2.25. The first-order valence-corrected chi connectivity index (χ1v) is 4.78. The Balaban J connectivity index is 2.85. The zero-order chi connectivity index (χ0) is 12.1. The number of nitrogens with one attached hydrogen (secondary N) is 1. The molecule has 0 aromatic carbocycles. The first kappa shape index (κ1) is 12.5. The summed E-state index contributed by atoms with van der Waals surface area (Å²) >= 11 is 11.3. The molecule has 0 unspecified atom stereocenters. The van der Waals surface area contributed by atoms with Gasteiger partial charge in [0.15, 0.2) is 10.3 Å². The Labute approximate surface area is 101 Å². The van der Waals surface area contributed by atoms with Crippen molar-refractivity contribution < 1.29 is 9.53 Å². The number of carbonyl (C=O) groups excluding carboxylic acids is 1. The first-order chi connectivity index (χ1) is 7.58. The number of halogens is 2. The summed E-state index contributed by atoms with van der Waals surface area (Å²) < 4.78 is 4.40. The lowest BCUT2D eigenvalue weighted by Gasteiger charge is -2.04. The molecule has 6 nitrogen and oxygen atoms in total. The molecule has 0 bridgehead atoms. The molecule has 0 fully saturated rings. The van der Waals surface area contributed by atoms with Crippen LogP contribution >= 0.6 is 23.2 Å². The van der Waals surface area contributed by atoms with Crippen LogP contribution in [0.3, 0.4) is 0 Å². The fraction of sp³-hybridized carbons (Fsp3) is 0.250. The molecule has 0 spiro atoms. The summed E-state index contributed by atoms with van der Waals surface area (Å²) in [5.41, 5.74) is -0.00745. The van der Waals surface area contributed by atoms with E-state index in [1.54, 1.807) is 6.07 Å². The molecule has 0 amide bonds. The van der Waals surface area contributed by atoms with Gasteiger partial charge in [-0.25, -0.2) is 0 Å². The van der Waals surface area contributed by atoms with E-state index in [2.05, 4.69) is 20.0 Å². The molecule has 0 aliphatic carbocycles. The van der Waals surface area contributed by atoms with Gasteiger partial charge in [0.05, 0.1) is 7.11 Å². The Bertz CT molecular complexity index is 435. The predicted octanol–water partition coefficient (Wildman–Crippen LogP) is 1.24. The number of nitrogens with zero attached hydrogens (tertiary/aromatic N) is 3. The maximum atomic E-state index is 10.8. The second-order valence-corrected chi connectivity index (χ2v) is 3.26. The van der Waals surface area contributed by atoms with Gasteiger partial charge in [0.25, 0.3) is 0 Å². The third-order valence-electron chi connectivity index (χ3n) is 1.55. The summed E-state index contributed by atoms with van der Waals surface area (Å²) in [4.78, 5) is 18.3. The van der Waals surface area contributed by atoms with Gasteiger partial charge >= 0.3 is 5.97 Å². The molecule has 1 aromatic rings. The minimum absolute atomic E-state index is 0.00745. The van der Waals surface area contributed by atoms with E-state index < -0.39 is 5.97 Å². The van der Waals surface area contributed by atoms with Crippen LogP contribution in [0.5, 0.6) is 0 Å². The molecule has 1 aromatic heterocycles. The zero-order valence-corrected chi connectivity index (χ0v) is 9.63. The smallest absolute Gasteiger partial charge is 0.325 e. The number of nitriles is 1. The Morgan fingerprint density at radius 1 is 1.50 bits per heavy atom. The van der Waals surface area contributed by atoms with Gasteiger partial charge in [-0.3, -0.25) is 4.79 Å². The Morgan fingerprint density at radius 3 is 2.50 bits per heavy atom. The molecule has 1 N–H and O–H groups in total. The van der Waals surface area contributed by atoms with Gasteiger partial charge in [0.2, 0.25) is 5.95 Å². The van der Waals surface area contributed by atoms with Gasteiger partial charge in [-0.2, -0.15) is 15.2 Å². The number of hydrogen-bond donors (Lipinski definition) is 1. The number of carbonyl (C=O) groups is 1. The van der Waals surface area contributed by atoms with Crippen LogP contribution in [0.15, 0.2) is 0 Å². The van der Waals surface area contributed by atoms with Crippen molar-refractivity contribution in [3.05, 3.63) is 15.9 Å². The van der Waals surface area contributed by atoms with E-state index in [1.807, 2.05) is 0 Å². The van der Waals surface area contributed by atoms with Crippen molar-refractivity contribution in [2.75, 3.05) is 19.0 Å². The van der Waals surface area contributed by atoms with E-state index in [0.717, 1.165) is 0 Å². The molecule has 0 aliphatic heterocycles. The normalized spacial score (nSPS) is 9.38. The molecule has 0 atom stereocenters. The van der Waals surface area contributed by atoms with Crippen molar-refractivity contribution in [2.24, 2.45) is 0 Å². The Kier molecular flexibility index (Phi) is 4.28. The SMILES string of the molecule is COC(=O)CNc1nc(Cl)c(C#N)c(Cl)n1. The minimum Gasteiger partial charge on any atom is -0.468 e. The largest absolute Gasteiger partial charge is 0.468 e. The van der Waals surface area contributed by atoms with Gasteiger partial charge in [-0.15, -0.1) is 0 Å². The van der Waals surface area contributed by atoms with Gasteiger partial charge in [-0.1, -0.05) is 23.2 Å². The number of aromatic nitrogens is 2. The van der Waals surface area contributed by atoms with Crippen molar-refractivity contribution >= 4 is 35.1 Å². The van der Waals surface area contributed by atoms with E-state index in [-0.39, 0.29) is 28.4 Å². The Hall–Kier alpha value is -1.58. The highest BCUT2D eigenvalue weighted by atomic mass is 35.5. The van der Waals surface area contributed by atoms with Crippen molar-refractivity contribution in [1.82, 2.24) is 9.97 Å². The Morgan fingerprint density at radius 2 is 2.06 bits per heavy atom. The average molecular weight is 261 g/mol. The first-order valence-electron chi connectivity index (χ1n) is 4.02. The summed E-state index contributed by atoms with van der Waals surface area (Å²) in [6.07, 6.45) is 0. The van der Waals surface area contributed by atoms with Crippen LogP contribution in [0.1, 0.15) is 5.56 Å². The van der Waals surface area contributed by atoms with Crippen LogP contribution in [0, 0.1) is 11.3 Å². The standard InChI is InChI=1S/C8H6Cl2N4O2/c1-16-5(15)3-12-8-13-6(9)4(2-11)7(10)14-8/h3H2,1H3,(H,12,13,14). The van der Waals surface area contributed by atoms with Crippen LogP contribution in [0.4, 0.5) is 5.95 Å². The zero-order valence-electron chi connectivity index (χ0n) is 8.12. The van der Waals surface area contributed by atoms with Gasteiger partial charge in [-0.05, 0) is 0 Å². The fourth-order valence-corrected chi connectivity index (χ4v) is 1.27. The van der Waals surface area contributed by atoms with Crippen molar-refractivity contribution in [3.63, 3.8) is 0 Å². The molecular weight excluding hydrogens is 255 g/mol. The van der Waals surface area contributed by atoms with Crippen LogP contribution in [-0.4, -0.2) is 29.6 Å². The monoisotopic (exact) mass is 260 g/mol. The topological polar surface area (TPSA) is 87.9 Å². The molecule has 0 saturated carbocycles. The number of rotatable bonds is 3.